The molecule has 2 heterocycles. The molecule has 2 fully saturated rings. The van der Waals surface area contributed by atoms with E-state index in [0.29, 0.717) is 0 Å². The zero-order valence-corrected chi connectivity index (χ0v) is 12.4. The lowest BCUT2D eigenvalue weighted by Gasteiger charge is -2.28. The average molecular weight is 276 g/mol. The van der Waals surface area contributed by atoms with E-state index in [0.717, 1.165) is 12.6 Å². The first-order chi connectivity index (χ1) is 9.42. The second-order valence-electron chi connectivity index (χ2n) is 5.66. The zero-order chi connectivity index (χ0) is 12.9. The van der Waals surface area contributed by atoms with Gasteiger partial charge in [0.1, 0.15) is 0 Å². The van der Waals surface area contributed by atoms with Gasteiger partial charge in [0.15, 0.2) is 0 Å². The molecule has 3 heteroatoms. The molecule has 0 amide bonds. The summed E-state index contributed by atoms with van der Waals surface area (Å²) in [6, 6.07) is 9.90. The Balaban J connectivity index is 1.52. The summed E-state index contributed by atoms with van der Waals surface area (Å²) in [6.45, 7) is 3.49. The van der Waals surface area contributed by atoms with E-state index in [2.05, 4.69) is 46.2 Å². The van der Waals surface area contributed by atoms with Crippen molar-refractivity contribution in [2.24, 2.45) is 0 Å². The number of benzene rings is 1. The smallest absolute Gasteiger partial charge is 0.0366 e. The third-order valence-corrected chi connectivity index (χ3v) is 5.34. The van der Waals surface area contributed by atoms with Gasteiger partial charge in [0.25, 0.3) is 0 Å². The minimum Gasteiger partial charge on any atom is -0.372 e. The van der Waals surface area contributed by atoms with Crippen LogP contribution in [-0.4, -0.2) is 30.6 Å². The zero-order valence-electron chi connectivity index (χ0n) is 11.6. The van der Waals surface area contributed by atoms with Crippen molar-refractivity contribution < 1.29 is 0 Å². The number of piperidine rings is 1. The Kier molecular flexibility index (Phi) is 4.67. The van der Waals surface area contributed by atoms with Crippen LogP contribution in [0.5, 0.6) is 0 Å². The van der Waals surface area contributed by atoms with Crippen LogP contribution >= 0.6 is 11.8 Å². The molecule has 2 nitrogen and oxygen atoms in total. The molecule has 104 valence electrons. The van der Waals surface area contributed by atoms with Crippen LogP contribution in [0.3, 0.4) is 0 Å². The van der Waals surface area contributed by atoms with E-state index in [1.165, 1.54) is 61.5 Å². The van der Waals surface area contributed by atoms with Gasteiger partial charge in [0.2, 0.25) is 0 Å². The predicted molar refractivity (Wildman–Crippen MR) is 85.1 cm³/mol. The molecule has 1 unspecified atom stereocenters. The van der Waals surface area contributed by atoms with Crippen LogP contribution in [0.15, 0.2) is 24.3 Å². The monoisotopic (exact) mass is 276 g/mol. The van der Waals surface area contributed by atoms with Crippen LogP contribution in [0, 0.1) is 0 Å². The molecular formula is C16H24N2S. The standard InChI is InChI=1S/C16H24N2S/c1-2-9-18(10-3-1)16-6-4-14(5-7-16)12-17-15-8-11-19-13-15/h4-7,15,17H,1-3,8-13H2. The van der Waals surface area contributed by atoms with Gasteiger partial charge >= 0.3 is 0 Å². The Morgan fingerprint density at radius 2 is 1.89 bits per heavy atom. The van der Waals surface area contributed by atoms with E-state index in [9.17, 15) is 0 Å². The number of rotatable bonds is 4. The number of nitrogens with zero attached hydrogens (tertiary/aromatic N) is 1. The molecule has 0 aliphatic carbocycles. The Morgan fingerprint density at radius 1 is 1.11 bits per heavy atom. The summed E-state index contributed by atoms with van der Waals surface area (Å²) in [5.41, 5.74) is 2.82. The molecule has 0 radical (unpaired) electrons. The highest BCUT2D eigenvalue weighted by atomic mass is 32.2. The summed E-state index contributed by atoms with van der Waals surface area (Å²) in [5, 5.41) is 3.66. The van der Waals surface area contributed by atoms with E-state index in [-0.39, 0.29) is 0 Å². The second kappa shape index (κ2) is 6.67. The molecular weight excluding hydrogens is 252 g/mol. The second-order valence-corrected chi connectivity index (χ2v) is 6.81. The van der Waals surface area contributed by atoms with Crippen molar-refractivity contribution in [1.29, 1.82) is 0 Å². The van der Waals surface area contributed by atoms with Gasteiger partial charge in [-0.3, -0.25) is 0 Å². The van der Waals surface area contributed by atoms with Crippen LogP contribution in [-0.2, 0) is 6.54 Å². The number of anilines is 1. The molecule has 0 spiro atoms. The van der Waals surface area contributed by atoms with Crippen molar-refractivity contribution in [2.45, 2.75) is 38.3 Å². The van der Waals surface area contributed by atoms with Crippen molar-refractivity contribution in [1.82, 2.24) is 5.32 Å². The van der Waals surface area contributed by atoms with Gasteiger partial charge in [0.05, 0.1) is 0 Å². The molecule has 0 aromatic heterocycles. The maximum absolute atomic E-state index is 3.66. The molecule has 1 N–H and O–H groups in total. The van der Waals surface area contributed by atoms with Gasteiger partial charge in [-0.25, -0.2) is 0 Å². The molecule has 2 aliphatic rings. The first-order valence-electron chi connectivity index (χ1n) is 7.57. The summed E-state index contributed by atoms with van der Waals surface area (Å²) < 4.78 is 0. The average Bonchev–Trinajstić information content (AvgIpc) is 3.00. The fraction of sp³-hybridized carbons (Fsp3) is 0.625. The molecule has 0 saturated carbocycles. The Morgan fingerprint density at radius 3 is 2.58 bits per heavy atom. The molecule has 2 aliphatic heterocycles. The number of hydrogen-bond acceptors (Lipinski definition) is 3. The molecule has 1 atom stereocenters. The predicted octanol–water partition coefficient (Wildman–Crippen LogP) is 3.27. The highest BCUT2D eigenvalue weighted by Gasteiger charge is 2.14. The van der Waals surface area contributed by atoms with E-state index < -0.39 is 0 Å². The summed E-state index contributed by atoms with van der Waals surface area (Å²) in [5.74, 6) is 2.61. The van der Waals surface area contributed by atoms with Gasteiger partial charge < -0.3 is 10.2 Å². The molecule has 3 rings (SSSR count). The first kappa shape index (κ1) is 13.3. The van der Waals surface area contributed by atoms with Crippen LogP contribution in [0.25, 0.3) is 0 Å². The fourth-order valence-corrected chi connectivity index (χ4v) is 4.12. The number of hydrogen-bond donors (Lipinski definition) is 1. The van der Waals surface area contributed by atoms with Crippen molar-refractivity contribution in [3.8, 4) is 0 Å². The lowest BCUT2D eigenvalue weighted by molar-refractivity contribution is 0.557. The van der Waals surface area contributed by atoms with Crippen LogP contribution in [0.1, 0.15) is 31.2 Å². The maximum Gasteiger partial charge on any atom is 0.0366 e. The topological polar surface area (TPSA) is 15.3 Å². The molecule has 19 heavy (non-hydrogen) atoms. The molecule has 0 bridgehead atoms. The van der Waals surface area contributed by atoms with Gasteiger partial charge in [-0.1, -0.05) is 12.1 Å². The van der Waals surface area contributed by atoms with Crippen molar-refractivity contribution in [2.75, 3.05) is 29.5 Å². The van der Waals surface area contributed by atoms with Gasteiger partial charge in [-0.15, -0.1) is 0 Å². The van der Waals surface area contributed by atoms with E-state index in [1.54, 1.807) is 0 Å². The Labute approximate surface area is 121 Å². The van der Waals surface area contributed by atoms with Gasteiger partial charge in [-0.2, -0.15) is 11.8 Å². The lowest BCUT2D eigenvalue weighted by Crippen LogP contribution is -2.29. The van der Waals surface area contributed by atoms with Crippen LogP contribution in [0.2, 0.25) is 0 Å². The highest BCUT2D eigenvalue weighted by Crippen LogP contribution is 2.21. The van der Waals surface area contributed by atoms with Gasteiger partial charge in [0, 0.05) is 37.1 Å². The molecule has 1 aromatic rings. The maximum atomic E-state index is 3.66. The van der Waals surface area contributed by atoms with Crippen LogP contribution < -0.4 is 10.2 Å². The molecule has 2 saturated heterocycles. The minimum absolute atomic E-state index is 0.728. The minimum atomic E-state index is 0.728. The van der Waals surface area contributed by atoms with Crippen molar-refractivity contribution in [3.63, 3.8) is 0 Å². The number of thioether (sulfide) groups is 1. The quantitative estimate of drug-likeness (QED) is 0.908. The third kappa shape index (κ3) is 3.67. The Bertz CT molecular complexity index is 378. The fourth-order valence-electron chi connectivity index (χ4n) is 2.93. The normalized spacial score (nSPS) is 23.8. The van der Waals surface area contributed by atoms with Gasteiger partial charge in [-0.05, 0) is 49.1 Å². The van der Waals surface area contributed by atoms with E-state index in [4.69, 9.17) is 0 Å². The van der Waals surface area contributed by atoms with Crippen molar-refractivity contribution in [3.05, 3.63) is 29.8 Å². The lowest BCUT2D eigenvalue weighted by atomic mass is 10.1. The van der Waals surface area contributed by atoms with E-state index >= 15 is 0 Å². The highest BCUT2D eigenvalue weighted by molar-refractivity contribution is 7.99. The van der Waals surface area contributed by atoms with Crippen LogP contribution in [0.4, 0.5) is 5.69 Å². The van der Waals surface area contributed by atoms with E-state index in [1.807, 2.05) is 0 Å². The largest absolute Gasteiger partial charge is 0.372 e. The summed E-state index contributed by atoms with van der Waals surface area (Å²) in [7, 11) is 0. The SMILES string of the molecule is c1cc(N2CCCCC2)ccc1CNC1CCSC1. The third-order valence-electron chi connectivity index (χ3n) is 4.18. The number of nitrogens with one attached hydrogen (secondary N) is 1. The first-order valence-corrected chi connectivity index (χ1v) is 8.72. The summed E-state index contributed by atoms with van der Waals surface area (Å²) in [6.07, 6.45) is 5.43. The summed E-state index contributed by atoms with van der Waals surface area (Å²) in [4.78, 5) is 2.52. The summed E-state index contributed by atoms with van der Waals surface area (Å²) >= 11 is 2.07. The van der Waals surface area contributed by atoms with Crippen molar-refractivity contribution >= 4 is 17.4 Å². The Hall–Kier alpha value is -0.670. The molecule has 1 aromatic carbocycles.